The number of rotatable bonds is 12. The van der Waals surface area contributed by atoms with E-state index >= 15 is 0 Å². The van der Waals surface area contributed by atoms with E-state index in [1.165, 1.54) is 24.1 Å². The van der Waals surface area contributed by atoms with Crippen LogP contribution in [0.15, 0.2) is 112 Å². The van der Waals surface area contributed by atoms with Crippen molar-refractivity contribution in [1.82, 2.24) is 10.2 Å². The Morgan fingerprint density at radius 3 is 2.07 bits per heavy atom. The molecular formula is C36H40BrN3O5S. The van der Waals surface area contributed by atoms with Crippen molar-refractivity contribution in [2.75, 3.05) is 18.0 Å². The van der Waals surface area contributed by atoms with E-state index in [1.54, 1.807) is 36.4 Å². The van der Waals surface area contributed by atoms with Crippen molar-refractivity contribution in [2.45, 2.75) is 57.1 Å². The van der Waals surface area contributed by atoms with Crippen LogP contribution in [0.4, 0.5) is 5.69 Å². The molecule has 4 rings (SSSR count). The fraction of sp³-hybridized carbons (Fsp3) is 0.278. The summed E-state index contributed by atoms with van der Waals surface area (Å²) in [5.74, 6) is -0.599. The van der Waals surface area contributed by atoms with Gasteiger partial charge in [0, 0.05) is 23.0 Å². The lowest BCUT2D eigenvalue weighted by atomic mass is 10.0. The average molecular weight is 707 g/mol. The lowest BCUT2D eigenvalue weighted by Crippen LogP contribution is -2.56. The van der Waals surface area contributed by atoms with Crippen LogP contribution < -0.4 is 14.4 Å². The Kier molecular flexibility index (Phi) is 11.3. The molecule has 0 aliphatic rings. The Labute approximate surface area is 280 Å². The molecule has 0 saturated carbocycles. The maximum absolute atomic E-state index is 14.6. The van der Waals surface area contributed by atoms with Crippen LogP contribution in [-0.4, -0.2) is 50.4 Å². The number of carbonyl (C=O) groups excluding carboxylic acids is 2. The summed E-state index contributed by atoms with van der Waals surface area (Å²) in [6.07, 6.45) is 0.227. The number of aryl methyl sites for hydroxylation is 1. The summed E-state index contributed by atoms with van der Waals surface area (Å²) in [6.45, 7) is 7.01. The second-order valence-electron chi connectivity index (χ2n) is 12.1. The Hall–Kier alpha value is -4.15. The van der Waals surface area contributed by atoms with Crippen molar-refractivity contribution in [3.63, 3.8) is 0 Å². The predicted molar refractivity (Wildman–Crippen MR) is 185 cm³/mol. The van der Waals surface area contributed by atoms with E-state index in [0.29, 0.717) is 0 Å². The molecule has 46 heavy (non-hydrogen) atoms. The van der Waals surface area contributed by atoms with Crippen LogP contribution in [-0.2, 0) is 32.6 Å². The SMILES string of the molecule is COc1ccccc1N(CC(=O)N(Cc1ccc(Br)cc1)[C@@H](Cc1ccccc1)C(=O)NC(C)(C)C)S(=O)(=O)c1ccc(C)cc1. The van der Waals surface area contributed by atoms with Gasteiger partial charge in [0.25, 0.3) is 10.0 Å². The fourth-order valence-electron chi connectivity index (χ4n) is 4.98. The zero-order valence-corrected chi connectivity index (χ0v) is 29.1. The number of anilines is 1. The van der Waals surface area contributed by atoms with Gasteiger partial charge in [-0.05, 0) is 75.2 Å². The highest BCUT2D eigenvalue weighted by molar-refractivity contribution is 9.10. The first-order chi connectivity index (χ1) is 21.8. The van der Waals surface area contributed by atoms with Gasteiger partial charge in [0.15, 0.2) is 0 Å². The number of hydrogen-bond donors (Lipinski definition) is 1. The van der Waals surface area contributed by atoms with Crippen molar-refractivity contribution in [1.29, 1.82) is 0 Å². The number of nitrogens with zero attached hydrogens (tertiary/aromatic N) is 2. The first-order valence-corrected chi connectivity index (χ1v) is 17.1. The molecule has 4 aromatic rings. The van der Waals surface area contributed by atoms with Gasteiger partial charge in [0.05, 0.1) is 17.7 Å². The lowest BCUT2D eigenvalue weighted by molar-refractivity contribution is -0.140. The molecule has 10 heteroatoms. The number of para-hydroxylation sites is 2. The van der Waals surface area contributed by atoms with Gasteiger partial charge >= 0.3 is 0 Å². The predicted octanol–water partition coefficient (Wildman–Crippen LogP) is 6.52. The van der Waals surface area contributed by atoms with E-state index in [1.807, 2.05) is 82.3 Å². The quantitative estimate of drug-likeness (QED) is 0.181. The Bertz CT molecular complexity index is 1740. The minimum Gasteiger partial charge on any atom is -0.495 e. The first-order valence-electron chi connectivity index (χ1n) is 14.9. The van der Waals surface area contributed by atoms with Crippen LogP contribution in [0.25, 0.3) is 0 Å². The molecule has 8 nitrogen and oxygen atoms in total. The topological polar surface area (TPSA) is 96.0 Å². The van der Waals surface area contributed by atoms with Crippen LogP contribution in [0.1, 0.15) is 37.5 Å². The smallest absolute Gasteiger partial charge is 0.264 e. The van der Waals surface area contributed by atoms with E-state index < -0.39 is 34.1 Å². The maximum atomic E-state index is 14.6. The third kappa shape index (κ3) is 8.98. The Morgan fingerprint density at radius 1 is 0.848 bits per heavy atom. The summed E-state index contributed by atoms with van der Waals surface area (Å²) in [5, 5.41) is 3.04. The van der Waals surface area contributed by atoms with Gasteiger partial charge in [0.1, 0.15) is 18.3 Å². The van der Waals surface area contributed by atoms with E-state index in [4.69, 9.17) is 4.74 Å². The largest absolute Gasteiger partial charge is 0.495 e. The molecule has 1 atom stereocenters. The number of hydrogen-bond acceptors (Lipinski definition) is 5. The number of nitrogens with one attached hydrogen (secondary N) is 1. The number of methoxy groups -OCH3 is 1. The molecule has 0 radical (unpaired) electrons. The zero-order valence-electron chi connectivity index (χ0n) is 26.7. The second-order valence-corrected chi connectivity index (χ2v) is 14.9. The highest BCUT2D eigenvalue weighted by atomic mass is 79.9. The van der Waals surface area contributed by atoms with Crippen molar-refractivity contribution in [3.05, 3.63) is 124 Å². The van der Waals surface area contributed by atoms with E-state index in [0.717, 1.165) is 25.5 Å². The maximum Gasteiger partial charge on any atom is 0.264 e. The summed E-state index contributed by atoms with van der Waals surface area (Å²) in [5.41, 5.74) is 2.17. The Morgan fingerprint density at radius 2 is 1.46 bits per heavy atom. The van der Waals surface area contributed by atoms with Gasteiger partial charge in [-0.2, -0.15) is 0 Å². The highest BCUT2D eigenvalue weighted by Crippen LogP contribution is 2.33. The van der Waals surface area contributed by atoms with Crippen LogP contribution >= 0.6 is 15.9 Å². The number of halogens is 1. The number of amides is 2. The number of sulfonamides is 1. The van der Waals surface area contributed by atoms with E-state index in [9.17, 15) is 18.0 Å². The summed E-state index contributed by atoms with van der Waals surface area (Å²) >= 11 is 3.46. The third-order valence-corrected chi connectivity index (χ3v) is 9.58. The van der Waals surface area contributed by atoms with Gasteiger partial charge in [-0.1, -0.05) is 88.2 Å². The standard InChI is InChI=1S/C36H40BrN3O5S/c1-26-15-21-30(22-16-26)46(43,44)40(31-13-9-10-14-33(31)45-5)25-34(41)39(24-28-17-19-29(37)20-18-28)32(35(42)38-36(2,3)4)23-27-11-7-6-8-12-27/h6-22,32H,23-25H2,1-5H3,(H,38,42)/t32-/m0/s1. The van der Waals surface area contributed by atoms with Crippen LogP contribution in [0.2, 0.25) is 0 Å². The molecule has 0 aromatic heterocycles. The zero-order chi connectivity index (χ0) is 33.5. The summed E-state index contributed by atoms with van der Waals surface area (Å²) in [4.78, 5) is 30.1. The summed E-state index contributed by atoms with van der Waals surface area (Å²) in [6, 6.07) is 29.1. The number of ether oxygens (including phenoxy) is 1. The molecule has 242 valence electrons. The summed E-state index contributed by atoms with van der Waals surface area (Å²) in [7, 11) is -2.80. The molecule has 0 bridgehead atoms. The normalized spacial score (nSPS) is 12.2. The molecule has 0 aliphatic heterocycles. The molecular weight excluding hydrogens is 666 g/mol. The van der Waals surface area contributed by atoms with Crippen LogP contribution in [0.5, 0.6) is 5.75 Å². The highest BCUT2D eigenvalue weighted by Gasteiger charge is 2.36. The van der Waals surface area contributed by atoms with Gasteiger partial charge in [-0.25, -0.2) is 8.42 Å². The van der Waals surface area contributed by atoms with Crippen LogP contribution in [0, 0.1) is 6.92 Å². The van der Waals surface area contributed by atoms with Gasteiger partial charge in [0.2, 0.25) is 11.8 Å². The van der Waals surface area contributed by atoms with Crippen molar-refractivity contribution >= 4 is 43.5 Å². The lowest BCUT2D eigenvalue weighted by Gasteiger charge is -2.35. The molecule has 1 N–H and O–H groups in total. The summed E-state index contributed by atoms with van der Waals surface area (Å²) < 4.78 is 36.0. The van der Waals surface area contributed by atoms with E-state index in [-0.39, 0.29) is 35.2 Å². The minimum absolute atomic E-state index is 0.0302. The molecule has 2 amide bonds. The molecule has 4 aromatic carbocycles. The third-order valence-electron chi connectivity index (χ3n) is 7.28. The molecule has 0 heterocycles. The monoisotopic (exact) mass is 705 g/mol. The Balaban J connectivity index is 1.84. The van der Waals surface area contributed by atoms with Crippen molar-refractivity contribution < 1.29 is 22.7 Å². The average Bonchev–Trinajstić information content (AvgIpc) is 3.02. The fourth-order valence-corrected chi connectivity index (χ4v) is 6.67. The van der Waals surface area contributed by atoms with E-state index in [2.05, 4.69) is 21.2 Å². The molecule has 0 fully saturated rings. The molecule has 0 saturated heterocycles. The molecule has 0 spiro atoms. The van der Waals surface area contributed by atoms with Gasteiger partial charge in [-0.3, -0.25) is 13.9 Å². The van der Waals surface area contributed by atoms with Gasteiger partial charge in [-0.15, -0.1) is 0 Å². The second kappa shape index (κ2) is 15.0. The van der Waals surface area contributed by atoms with Crippen molar-refractivity contribution in [2.24, 2.45) is 0 Å². The van der Waals surface area contributed by atoms with Crippen molar-refractivity contribution in [3.8, 4) is 5.75 Å². The minimum atomic E-state index is -4.25. The van der Waals surface area contributed by atoms with Crippen LogP contribution in [0.3, 0.4) is 0 Å². The molecule has 0 aliphatic carbocycles. The number of benzene rings is 4. The first kappa shape index (κ1) is 34.7. The molecule has 0 unspecified atom stereocenters. The van der Waals surface area contributed by atoms with Gasteiger partial charge < -0.3 is 15.0 Å². The number of carbonyl (C=O) groups is 2.